The summed E-state index contributed by atoms with van der Waals surface area (Å²) in [6.45, 7) is 0.408. The Morgan fingerprint density at radius 2 is 1.54 bits per heavy atom. The van der Waals surface area contributed by atoms with E-state index in [0.29, 0.717) is 17.1 Å². The lowest BCUT2D eigenvalue weighted by molar-refractivity contribution is 0.469. The van der Waals surface area contributed by atoms with Gasteiger partial charge in [0.1, 0.15) is 17.2 Å². The van der Waals surface area contributed by atoms with Gasteiger partial charge in [-0.3, -0.25) is 0 Å². The van der Waals surface area contributed by atoms with Crippen LogP contribution < -0.4 is 10.1 Å². The SMILES string of the molecule is Oc1c(Cl)cc(Cl)cc1CNc1ccc(Oc2ccccc2)cc1. The molecule has 0 spiro atoms. The van der Waals surface area contributed by atoms with Gasteiger partial charge in [0.25, 0.3) is 0 Å². The number of phenolic OH excluding ortho intramolecular Hbond substituents is 1. The molecule has 3 aromatic rings. The monoisotopic (exact) mass is 359 g/mol. The summed E-state index contributed by atoms with van der Waals surface area (Å²) in [7, 11) is 0. The molecule has 3 nitrogen and oxygen atoms in total. The second-order valence-electron chi connectivity index (χ2n) is 5.19. The summed E-state index contributed by atoms with van der Waals surface area (Å²) in [5, 5.41) is 13.9. The Balaban J connectivity index is 1.65. The number of para-hydroxylation sites is 1. The largest absolute Gasteiger partial charge is 0.506 e. The van der Waals surface area contributed by atoms with Crippen molar-refractivity contribution in [3.8, 4) is 17.2 Å². The van der Waals surface area contributed by atoms with Crippen molar-refractivity contribution in [3.63, 3.8) is 0 Å². The standard InChI is InChI=1S/C19H15Cl2NO2/c20-14-10-13(19(23)18(21)11-14)12-22-15-6-8-17(9-7-15)24-16-4-2-1-3-5-16/h1-11,22-23H,12H2. The van der Waals surface area contributed by atoms with Crippen LogP contribution in [0.15, 0.2) is 66.7 Å². The number of hydrogen-bond donors (Lipinski definition) is 2. The van der Waals surface area contributed by atoms with Crippen molar-refractivity contribution in [2.45, 2.75) is 6.54 Å². The third kappa shape index (κ3) is 4.13. The number of halogens is 2. The predicted octanol–water partition coefficient (Wildman–Crippen LogP) is 6.10. The number of aromatic hydroxyl groups is 1. The van der Waals surface area contributed by atoms with Gasteiger partial charge in [0.2, 0.25) is 0 Å². The highest BCUT2D eigenvalue weighted by Crippen LogP contribution is 2.31. The topological polar surface area (TPSA) is 41.5 Å². The molecule has 5 heteroatoms. The number of ether oxygens (including phenoxy) is 1. The average Bonchev–Trinajstić information content (AvgIpc) is 2.59. The fraction of sp³-hybridized carbons (Fsp3) is 0.0526. The molecule has 0 bridgehead atoms. The Hall–Kier alpha value is -2.36. The van der Waals surface area contributed by atoms with Crippen LogP contribution in [-0.2, 0) is 6.54 Å². The van der Waals surface area contributed by atoms with E-state index in [4.69, 9.17) is 27.9 Å². The van der Waals surface area contributed by atoms with E-state index in [0.717, 1.165) is 17.2 Å². The third-order valence-electron chi connectivity index (χ3n) is 3.42. The lowest BCUT2D eigenvalue weighted by Crippen LogP contribution is -2.00. The molecule has 0 aromatic heterocycles. The van der Waals surface area contributed by atoms with E-state index in [9.17, 15) is 5.11 Å². The number of rotatable bonds is 5. The normalized spacial score (nSPS) is 10.4. The molecule has 0 aliphatic carbocycles. The Labute approximate surface area is 150 Å². The van der Waals surface area contributed by atoms with Crippen LogP contribution in [0.2, 0.25) is 10.0 Å². The first-order valence-electron chi connectivity index (χ1n) is 7.35. The summed E-state index contributed by atoms with van der Waals surface area (Å²) in [6, 6.07) is 20.3. The van der Waals surface area contributed by atoms with Crippen LogP contribution >= 0.6 is 23.2 Å². The first-order chi connectivity index (χ1) is 11.6. The Morgan fingerprint density at radius 1 is 0.875 bits per heavy atom. The first kappa shape index (κ1) is 16.5. The van der Waals surface area contributed by atoms with Gasteiger partial charge in [0, 0.05) is 22.8 Å². The zero-order valence-corrected chi connectivity index (χ0v) is 14.2. The minimum Gasteiger partial charge on any atom is -0.506 e. The van der Waals surface area contributed by atoms with E-state index in [1.54, 1.807) is 6.07 Å². The van der Waals surface area contributed by atoms with Gasteiger partial charge in [-0.2, -0.15) is 0 Å². The van der Waals surface area contributed by atoms with Crippen molar-refractivity contribution in [1.29, 1.82) is 0 Å². The van der Waals surface area contributed by atoms with Gasteiger partial charge in [-0.15, -0.1) is 0 Å². The number of anilines is 1. The molecule has 0 saturated carbocycles. The van der Waals surface area contributed by atoms with Gasteiger partial charge in [-0.25, -0.2) is 0 Å². The van der Waals surface area contributed by atoms with E-state index in [-0.39, 0.29) is 10.8 Å². The summed E-state index contributed by atoms with van der Waals surface area (Å²) in [5.74, 6) is 1.58. The van der Waals surface area contributed by atoms with Crippen molar-refractivity contribution < 1.29 is 9.84 Å². The molecule has 24 heavy (non-hydrogen) atoms. The fourth-order valence-electron chi connectivity index (χ4n) is 2.22. The summed E-state index contributed by atoms with van der Waals surface area (Å²) < 4.78 is 5.74. The predicted molar refractivity (Wildman–Crippen MR) is 98.4 cm³/mol. The summed E-state index contributed by atoms with van der Waals surface area (Å²) >= 11 is 11.9. The van der Waals surface area contributed by atoms with E-state index in [2.05, 4.69) is 5.32 Å². The molecule has 122 valence electrons. The van der Waals surface area contributed by atoms with Crippen molar-refractivity contribution in [2.75, 3.05) is 5.32 Å². The molecule has 3 aromatic carbocycles. The highest BCUT2D eigenvalue weighted by atomic mass is 35.5. The van der Waals surface area contributed by atoms with Crippen LogP contribution in [0.5, 0.6) is 17.2 Å². The molecule has 2 N–H and O–H groups in total. The molecular formula is C19H15Cl2NO2. The van der Waals surface area contributed by atoms with E-state index in [1.165, 1.54) is 6.07 Å². The second-order valence-corrected chi connectivity index (χ2v) is 6.03. The maximum Gasteiger partial charge on any atom is 0.139 e. The smallest absolute Gasteiger partial charge is 0.139 e. The number of phenols is 1. The molecule has 0 saturated heterocycles. The molecule has 0 aliphatic heterocycles. The summed E-state index contributed by atoms with van der Waals surface area (Å²) in [5.41, 5.74) is 1.53. The molecule has 0 amide bonds. The van der Waals surface area contributed by atoms with Gasteiger partial charge in [0.15, 0.2) is 0 Å². The zero-order valence-electron chi connectivity index (χ0n) is 12.7. The summed E-state index contributed by atoms with van der Waals surface area (Å²) in [6.07, 6.45) is 0. The van der Waals surface area contributed by atoms with Crippen LogP contribution in [0.25, 0.3) is 0 Å². The van der Waals surface area contributed by atoms with Gasteiger partial charge in [-0.05, 0) is 48.5 Å². The second kappa shape index (κ2) is 7.47. The van der Waals surface area contributed by atoms with Gasteiger partial charge < -0.3 is 15.2 Å². The highest BCUT2D eigenvalue weighted by molar-refractivity contribution is 6.35. The van der Waals surface area contributed by atoms with E-state index >= 15 is 0 Å². The van der Waals surface area contributed by atoms with Crippen molar-refractivity contribution in [1.82, 2.24) is 0 Å². The number of nitrogens with one attached hydrogen (secondary N) is 1. The first-order valence-corrected chi connectivity index (χ1v) is 8.11. The maximum atomic E-state index is 9.96. The highest BCUT2D eigenvalue weighted by Gasteiger charge is 2.08. The van der Waals surface area contributed by atoms with Gasteiger partial charge in [0.05, 0.1) is 5.02 Å². The van der Waals surface area contributed by atoms with Crippen LogP contribution in [0.1, 0.15) is 5.56 Å². The Bertz CT molecular complexity index is 821. The third-order valence-corrected chi connectivity index (χ3v) is 3.93. The molecule has 0 heterocycles. The van der Waals surface area contributed by atoms with Gasteiger partial charge >= 0.3 is 0 Å². The average molecular weight is 360 g/mol. The minimum absolute atomic E-state index is 0.0394. The molecule has 0 aliphatic rings. The maximum absolute atomic E-state index is 9.96. The van der Waals surface area contributed by atoms with Crippen LogP contribution in [0.4, 0.5) is 5.69 Å². The number of hydrogen-bond acceptors (Lipinski definition) is 3. The van der Waals surface area contributed by atoms with Gasteiger partial charge in [-0.1, -0.05) is 41.4 Å². The summed E-state index contributed by atoms with van der Waals surface area (Å²) in [4.78, 5) is 0. The van der Waals surface area contributed by atoms with Crippen molar-refractivity contribution in [3.05, 3.63) is 82.3 Å². The van der Waals surface area contributed by atoms with Crippen LogP contribution in [0.3, 0.4) is 0 Å². The Kier molecular flexibility index (Phi) is 5.14. The molecule has 3 rings (SSSR count). The van der Waals surface area contributed by atoms with Crippen molar-refractivity contribution in [2.24, 2.45) is 0 Å². The van der Waals surface area contributed by atoms with E-state index in [1.807, 2.05) is 54.6 Å². The minimum atomic E-state index is 0.0394. The van der Waals surface area contributed by atoms with E-state index < -0.39 is 0 Å². The zero-order chi connectivity index (χ0) is 16.9. The molecule has 0 radical (unpaired) electrons. The molecule has 0 atom stereocenters. The molecule has 0 fully saturated rings. The fourth-order valence-corrected chi connectivity index (χ4v) is 2.75. The molecular weight excluding hydrogens is 345 g/mol. The van der Waals surface area contributed by atoms with Crippen molar-refractivity contribution >= 4 is 28.9 Å². The lowest BCUT2D eigenvalue weighted by atomic mass is 10.2. The lowest BCUT2D eigenvalue weighted by Gasteiger charge is -2.11. The van der Waals surface area contributed by atoms with Crippen LogP contribution in [0, 0.1) is 0 Å². The van der Waals surface area contributed by atoms with Crippen LogP contribution in [-0.4, -0.2) is 5.11 Å². The number of benzene rings is 3. The Morgan fingerprint density at radius 3 is 2.25 bits per heavy atom. The quantitative estimate of drug-likeness (QED) is 0.577. The molecule has 0 unspecified atom stereocenters.